The van der Waals surface area contributed by atoms with Crippen molar-refractivity contribution >= 4 is 68.0 Å². The molecule has 38 heavy (non-hydrogen) atoms. The van der Waals surface area contributed by atoms with E-state index >= 15 is 0 Å². The van der Waals surface area contributed by atoms with Gasteiger partial charge in [0, 0.05) is 6.23 Å². The molecule has 0 spiro atoms. The lowest BCUT2D eigenvalue weighted by Gasteiger charge is -2.50. The third-order valence-corrected chi connectivity index (χ3v) is 37.0. The van der Waals surface area contributed by atoms with E-state index in [1.807, 2.05) is 11.8 Å². The van der Waals surface area contributed by atoms with Crippen LogP contribution in [0.3, 0.4) is 0 Å². The molecule has 1 radical (unpaired) electrons. The van der Waals surface area contributed by atoms with Crippen molar-refractivity contribution in [3.8, 4) is 0 Å². The van der Waals surface area contributed by atoms with Crippen LogP contribution in [0, 0.1) is 0 Å². The molecule has 1 aliphatic rings. The van der Waals surface area contributed by atoms with E-state index in [9.17, 15) is 0 Å². The molecule has 223 valence electrons. The summed E-state index contributed by atoms with van der Waals surface area (Å²) in [6.45, 7) is 37.3. The van der Waals surface area contributed by atoms with Crippen molar-refractivity contribution in [3.63, 3.8) is 0 Å². The summed E-state index contributed by atoms with van der Waals surface area (Å²) in [5.74, 6) is 0. The van der Waals surface area contributed by atoms with Gasteiger partial charge in [-0.15, -0.1) is 13.2 Å². The smallest absolute Gasteiger partial charge is 0.317 e. The van der Waals surface area contributed by atoms with Gasteiger partial charge in [0.25, 0.3) is 0 Å². The van der Waals surface area contributed by atoms with Crippen LogP contribution in [0.1, 0.15) is 6.92 Å². The highest BCUT2D eigenvalue weighted by Crippen LogP contribution is 2.38. The van der Waals surface area contributed by atoms with Crippen molar-refractivity contribution in [3.05, 3.63) is 24.9 Å². The summed E-state index contributed by atoms with van der Waals surface area (Å²) in [4.78, 5) is 0. The Morgan fingerprint density at radius 2 is 1.24 bits per heavy atom. The predicted octanol–water partition coefficient (Wildman–Crippen LogP) is 8.23. The Bertz CT molecular complexity index is 798. The SMILES string of the molecule is C=CC[Si](C)CO[Si](C)(C)CC[Si]1(C)O[Si](C)(C)O[Si](C)(CC)O[Si](C)(CC[Si](C)(C)O[Si](C)(C)C=C)O1. The van der Waals surface area contributed by atoms with Gasteiger partial charge in [-0.25, -0.2) is 0 Å². The molecular weight excluding hydrogens is 609 g/mol. The van der Waals surface area contributed by atoms with E-state index in [1.54, 1.807) is 0 Å². The highest BCUT2D eigenvalue weighted by molar-refractivity contribution is 6.94. The third kappa shape index (κ3) is 13.3. The summed E-state index contributed by atoms with van der Waals surface area (Å²) in [5, 5.41) is 0. The van der Waals surface area contributed by atoms with Crippen molar-refractivity contribution in [1.82, 2.24) is 0 Å². The maximum atomic E-state index is 7.25. The van der Waals surface area contributed by atoms with Crippen molar-refractivity contribution < 1.29 is 25.0 Å². The summed E-state index contributed by atoms with van der Waals surface area (Å²) < 4.78 is 41.4. The van der Waals surface area contributed by atoms with Crippen molar-refractivity contribution in [1.29, 1.82) is 0 Å². The molecule has 0 aromatic heterocycles. The maximum absolute atomic E-state index is 7.25. The first kappa shape index (κ1) is 37.0. The van der Waals surface area contributed by atoms with Crippen LogP contribution in [-0.2, 0) is 25.0 Å². The molecule has 0 saturated carbocycles. The quantitative estimate of drug-likeness (QED) is 0.130. The van der Waals surface area contributed by atoms with Gasteiger partial charge in [0.15, 0.2) is 25.0 Å². The highest BCUT2D eigenvalue weighted by atomic mass is 28.5. The van der Waals surface area contributed by atoms with Gasteiger partial charge in [0.1, 0.15) is 0 Å². The molecular formula is C24H59O6Si8. The monoisotopic (exact) mass is 667 g/mol. The molecule has 0 N–H and O–H groups in total. The summed E-state index contributed by atoms with van der Waals surface area (Å²) >= 11 is 0. The van der Waals surface area contributed by atoms with Gasteiger partial charge in [0.05, 0.1) is 8.80 Å². The minimum atomic E-state index is -2.60. The lowest BCUT2D eigenvalue weighted by atomic mass is 10.8. The van der Waals surface area contributed by atoms with Gasteiger partial charge in [-0.1, -0.05) is 25.2 Å². The molecule has 0 aromatic rings. The molecule has 0 aromatic carbocycles. The van der Waals surface area contributed by atoms with Crippen molar-refractivity contribution in [2.75, 3.05) is 6.23 Å². The normalized spacial score (nSPS) is 29.1. The van der Waals surface area contributed by atoms with Gasteiger partial charge in [-0.05, 0) is 108 Å². The summed E-state index contributed by atoms with van der Waals surface area (Å²) in [7, 11) is -16.2. The zero-order chi connectivity index (χ0) is 29.7. The standard InChI is InChI=1S/C24H59O6Si8/c1-16-19-31(4)24-25-33(7,8)20-22-37(14)28-35(11,12)27-36(13,18-3)29-38(15,30-37)23-21-34(9,10)26-32(5,6)17-2/h16-17H,1-2,18-24H2,3-15H3. The van der Waals surface area contributed by atoms with Crippen LogP contribution in [0.5, 0.6) is 0 Å². The Labute approximate surface area is 244 Å². The van der Waals surface area contributed by atoms with Gasteiger partial charge in [-0.3, -0.25) is 0 Å². The molecule has 0 bridgehead atoms. The van der Waals surface area contributed by atoms with Crippen LogP contribution in [0.15, 0.2) is 24.9 Å². The molecule has 3 unspecified atom stereocenters. The lowest BCUT2D eigenvalue weighted by molar-refractivity contribution is 0.227. The molecule has 0 amide bonds. The topological polar surface area (TPSA) is 55.4 Å². The Kier molecular flexibility index (Phi) is 13.6. The zero-order valence-corrected chi connectivity index (χ0v) is 35.0. The number of rotatable bonds is 15. The van der Waals surface area contributed by atoms with Crippen LogP contribution < -0.4 is 0 Å². The van der Waals surface area contributed by atoms with E-state index in [-0.39, 0.29) is 0 Å². The van der Waals surface area contributed by atoms with E-state index in [0.717, 1.165) is 42.5 Å². The van der Waals surface area contributed by atoms with Gasteiger partial charge >= 0.3 is 34.2 Å². The van der Waals surface area contributed by atoms with Crippen LogP contribution in [0.25, 0.3) is 0 Å². The van der Waals surface area contributed by atoms with Gasteiger partial charge < -0.3 is 25.0 Å². The fourth-order valence-corrected chi connectivity index (χ4v) is 43.7. The molecule has 3 atom stereocenters. The van der Waals surface area contributed by atoms with Gasteiger partial charge in [-0.2, -0.15) is 0 Å². The van der Waals surface area contributed by atoms with Gasteiger partial charge in [0.2, 0.25) is 0 Å². The minimum Gasteiger partial charge on any atom is -0.453 e. The first-order valence-electron chi connectivity index (χ1n) is 14.2. The Morgan fingerprint density at radius 1 is 0.763 bits per heavy atom. The first-order valence-corrected chi connectivity index (χ1v) is 36.2. The third-order valence-electron chi connectivity index (χ3n) is 7.02. The Hall–Kier alpha value is 0.975. The van der Waals surface area contributed by atoms with Crippen LogP contribution >= 0.6 is 0 Å². The molecule has 0 aliphatic carbocycles. The van der Waals surface area contributed by atoms with Crippen molar-refractivity contribution in [2.45, 2.75) is 122 Å². The molecule has 1 saturated heterocycles. The molecule has 14 heteroatoms. The summed E-state index contributed by atoms with van der Waals surface area (Å²) in [6.07, 6.45) is 2.91. The van der Waals surface area contributed by atoms with Crippen molar-refractivity contribution in [2.24, 2.45) is 0 Å². The first-order chi connectivity index (χ1) is 17.0. The lowest BCUT2D eigenvalue weighted by Crippen LogP contribution is -2.66. The van der Waals surface area contributed by atoms with Crippen LogP contribution in [-0.4, -0.2) is 74.2 Å². The van der Waals surface area contributed by atoms with E-state index in [1.165, 1.54) is 0 Å². The second-order valence-corrected chi connectivity index (χ2v) is 43.7. The van der Waals surface area contributed by atoms with E-state index < -0.39 is 68.0 Å². The number of hydrogen-bond acceptors (Lipinski definition) is 6. The highest BCUT2D eigenvalue weighted by Gasteiger charge is 2.55. The average molecular weight is 668 g/mol. The Balaban J connectivity index is 3.17. The molecule has 1 fully saturated rings. The fourth-order valence-electron chi connectivity index (χ4n) is 4.94. The summed E-state index contributed by atoms with van der Waals surface area (Å²) in [5.41, 5.74) is 2.04. The number of allylic oxidation sites excluding steroid dienone is 1. The maximum Gasteiger partial charge on any atom is 0.317 e. The van der Waals surface area contributed by atoms with E-state index in [4.69, 9.17) is 25.0 Å². The largest absolute Gasteiger partial charge is 0.453 e. The molecule has 1 aliphatic heterocycles. The second kappa shape index (κ2) is 14.0. The second-order valence-electron chi connectivity index (χ2n) is 13.7. The minimum absolute atomic E-state index is 0.519. The summed E-state index contributed by atoms with van der Waals surface area (Å²) in [6, 6.07) is 5.84. The number of hydrogen-bond donors (Lipinski definition) is 0. The van der Waals surface area contributed by atoms with E-state index in [0.29, 0.717) is 0 Å². The van der Waals surface area contributed by atoms with Crippen LogP contribution in [0.2, 0.25) is 115 Å². The average Bonchev–Trinajstić information content (AvgIpc) is 2.73. The van der Waals surface area contributed by atoms with E-state index in [2.05, 4.69) is 98.6 Å². The molecule has 1 heterocycles. The zero-order valence-electron chi connectivity index (χ0n) is 27.0. The fraction of sp³-hybridized carbons (Fsp3) is 0.833. The van der Waals surface area contributed by atoms with Crippen LogP contribution in [0.4, 0.5) is 0 Å². The molecule has 1 rings (SSSR count). The predicted molar refractivity (Wildman–Crippen MR) is 183 cm³/mol. The molecule has 6 nitrogen and oxygen atoms in total. The Morgan fingerprint density at radius 3 is 1.74 bits per heavy atom.